The average molecular weight is 158 g/mol. The van der Waals surface area contributed by atoms with E-state index >= 15 is 0 Å². The molecule has 0 saturated carbocycles. The van der Waals surface area contributed by atoms with Crippen molar-refractivity contribution >= 4 is 0 Å². The Bertz CT molecular complexity index is 249. The molecule has 0 aromatic heterocycles. The van der Waals surface area contributed by atoms with Crippen molar-refractivity contribution in [3.05, 3.63) is 73.9 Å². The van der Waals surface area contributed by atoms with Crippen molar-refractivity contribution in [2.45, 2.75) is 0 Å². The van der Waals surface area contributed by atoms with E-state index in [9.17, 15) is 0 Å². The van der Waals surface area contributed by atoms with Crippen molar-refractivity contribution in [3.8, 4) is 0 Å². The Morgan fingerprint density at radius 3 is 2.08 bits per heavy atom. The number of hydrogen-bond acceptors (Lipinski definition) is 0. The fourth-order valence-electron chi connectivity index (χ4n) is 0.686. The lowest BCUT2D eigenvalue weighted by molar-refractivity contribution is 1.58. The van der Waals surface area contributed by atoms with Gasteiger partial charge in [-0.15, -0.1) is 0 Å². The van der Waals surface area contributed by atoms with Gasteiger partial charge in [-0.2, -0.15) is 0 Å². The van der Waals surface area contributed by atoms with E-state index in [0.717, 1.165) is 11.1 Å². The Labute approximate surface area is 74.6 Å². The van der Waals surface area contributed by atoms with Crippen LogP contribution in [0.15, 0.2) is 73.9 Å². The van der Waals surface area contributed by atoms with Gasteiger partial charge in [0.25, 0.3) is 0 Å². The van der Waals surface area contributed by atoms with Crippen LogP contribution in [0, 0.1) is 0 Å². The minimum absolute atomic E-state index is 0.882. The first-order valence-electron chi connectivity index (χ1n) is 3.69. The van der Waals surface area contributed by atoms with E-state index in [1.165, 1.54) is 0 Å². The van der Waals surface area contributed by atoms with Gasteiger partial charge < -0.3 is 0 Å². The Hall–Kier alpha value is -1.56. The quantitative estimate of drug-likeness (QED) is 0.536. The molecular formula is C12H14. The van der Waals surface area contributed by atoms with Gasteiger partial charge in [0.2, 0.25) is 0 Å². The summed E-state index contributed by atoms with van der Waals surface area (Å²) < 4.78 is 0. The lowest BCUT2D eigenvalue weighted by atomic mass is 10.1. The molecule has 0 N–H and O–H groups in total. The topological polar surface area (TPSA) is 0 Å². The van der Waals surface area contributed by atoms with Crippen molar-refractivity contribution < 1.29 is 0 Å². The monoisotopic (exact) mass is 158 g/mol. The number of allylic oxidation sites excluding steroid dienone is 8. The highest BCUT2D eigenvalue weighted by atomic mass is 14.0. The zero-order valence-electron chi connectivity index (χ0n) is 7.29. The second-order valence-corrected chi connectivity index (χ2v) is 2.18. The van der Waals surface area contributed by atoms with E-state index in [4.69, 9.17) is 0 Å². The second kappa shape index (κ2) is 6.17. The molecule has 0 aliphatic carbocycles. The molecule has 0 heterocycles. The van der Waals surface area contributed by atoms with Crippen LogP contribution in [0.2, 0.25) is 0 Å². The van der Waals surface area contributed by atoms with Crippen molar-refractivity contribution in [1.82, 2.24) is 0 Å². The van der Waals surface area contributed by atoms with Crippen molar-refractivity contribution in [2.75, 3.05) is 0 Å². The Balaban J connectivity index is 4.65. The molecule has 0 atom stereocenters. The van der Waals surface area contributed by atoms with Gasteiger partial charge in [-0.25, -0.2) is 0 Å². The summed E-state index contributed by atoms with van der Waals surface area (Å²) in [4.78, 5) is 0. The predicted molar refractivity (Wildman–Crippen MR) is 57.0 cm³/mol. The van der Waals surface area contributed by atoms with Crippen LogP contribution in [0.1, 0.15) is 0 Å². The molecule has 62 valence electrons. The first-order valence-corrected chi connectivity index (χ1v) is 3.69. The molecular weight excluding hydrogens is 144 g/mol. The fraction of sp³-hybridized carbons (Fsp3) is 0. The zero-order chi connectivity index (χ0) is 9.40. The molecule has 0 saturated heterocycles. The van der Waals surface area contributed by atoms with E-state index in [1.807, 2.05) is 18.2 Å². The molecule has 0 fully saturated rings. The normalized spacial score (nSPS) is 11.2. The van der Waals surface area contributed by atoms with Gasteiger partial charge in [-0.1, -0.05) is 62.8 Å². The molecule has 0 amide bonds. The molecule has 0 bridgehead atoms. The molecule has 0 rings (SSSR count). The minimum atomic E-state index is 0.882. The Morgan fingerprint density at radius 1 is 1.00 bits per heavy atom. The second-order valence-electron chi connectivity index (χ2n) is 2.18. The molecule has 0 heteroatoms. The maximum Gasteiger partial charge on any atom is -0.0190 e. The van der Waals surface area contributed by atoms with E-state index in [2.05, 4.69) is 26.3 Å². The lowest BCUT2D eigenvalue weighted by Crippen LogP contribution is -1.78. The standard InChI is InChI=1S/C12H14/c1-5-8-10-12(9-6-2)11(4)7-3/h5-10H,1-4H2/b10-8-,12-9-. The van der Waals surface area contributed by atoms with Gasteiger partial charge >= 0.3 is 0 Å². The van der Waals surface area contributed by atoms with Gasteiger partial charge in [-0.05, 0) is 11.1 Å². The average Bonchev–Trinajstić information content (AvgIpc) is 2.11. The lowest BCUT2D eigenvalue weighted by Gasteiger charge is -1.98. The van der Waals surface area contributed by atoms with Crippen LogP contribution in [0.25, 0.3) is 0 Å². The summed E-state index contributed by atoms with van der Waals surface area (Å²) in [6.07, 6.45) is 10.8. The van der Waals surface area contributed by atoms with Crippen LogP contribution in [0.4, 0.5) is 0 Å². The maximum atomic E-state index is 3.83. The van der Waals surface area contributed by atoms with Crippen LogP contribution in [0.3, 0.4) is 0 Å². The number of hydrogen-bond donors (Lipinski definition) is 0. The van der Waals surface area contributed by atoms with Gasteiger partial charge in [0, 0.05) is 0 Å². The summed E-state index contributed by atoms with van der Waals surface area (Å²) in [7, 11) is 0. The smallest absolute Gasteiger partial charge is 0.0190 e. The summed E-state index contributed by atoms with van der Waals surface area (Å²) in [5, 5.41) is 0. The van der Waals surface area contributed by atoms with Gasteiger partial charge in [0.05, 0.1) is 0 Å². The first kappa shape index (κ1) is 10.4. The van der Waals surface area contributed by atoms with Gasteiger partial charge in [0.15, 0.2) is 0 Å². The molecule has 0 spiro atoms. The summed E-state index contributed by atoms with van der Waals surface area (Å²) in [5.41, 5.74) is 1.88. The highest BCUT2D eigenvalue weighted by Gasteiger charge is 1.90. The molecule has 0 radical (unpaired) electrons. The Kier molecular flexibility index (Phi) is 5.37. The summed E-state index contributed by atoms with van der Waals surface area (Å²) in [5.74, 6) is 0. The van der Waals surface area contributed by atoms with Crippen molar-refractivity contribution in [2.24, 2.45) is 0 Å². The highest BCUT2D eigenvalue weighted by Crippen LogP contribution is 2.10. The molecule has 0 aromatic rings. The highest BCUT2D eigenvalue weighted by molar-refractivity contribution is 5.45. The predicted octanol–water partition coefficient (Wildman–Crippen LogP) is 3.58. The molecule has 0 unspecified atom stereocenters. The van der Waals surface area contributed by atoms with Gasteiger partial charge in [0.1, 0.15) is 0 Å². The van der Waals surface area contributed by atoms with Crippen LogP contribution >= 0.6 is 0 Å². The maximum absolute atomic E-state index is 3.83. The molecule has 12 heavy (non-hydrogen) atoms. The number of rotatable bonds is 5. The molecule has 0 nitrogen and oxygen atoms in total. The molecule has 0 aromatic carbocycles. The summed E-state index contributed by atoms with van der Waals surface area (Å²) in [6, 6.07) is 0. The first-order chi connectivity index (χ1) is 5.76. The van der Waals surface area contributed by atoms with E-state index in [-0.39, 0.29) is 0 Å². The van der Waals surface area contributed by atoms with E-state index in [0.29, 0.717) is 0 Å². The third-order valence-electron chi connectivity index (χ3n) is 1.33. The molecule has 0 aliphatic heterocycles. The SMILES string of the molecule is C=C/C=C\C(=C\C=C)C(=C)C=C. The van der Waals surface area contributed by atoms with Gasteiger partial charge in [-0.3, -0.25) is 0 Å². The summed E-state index contributed by atoms with van der Waals surface area (Å²) >= 11 is 0. The van der Waals surface area contributed by atoms with Crippen LogP contribution in [-0.2, 0) is 0 Å². The van der Waals surface area contributed by atoms with Crippen molar-refractivity contribution in [3.63, 3.8) is 0 Å². The van der Waals surface area contributed by atoms with Crippen LogP contribution < -0.4 is 0 Å². The third kappa shape index (κ3) is 3.57. The Morgan fingerprint density at radius 2 is 1.67 bits per heavy atom. The van der Waals surface area contributed by atoms with E-state index in [1.54, 1.807) is 18.2 Å². The third-order valence-corrected chi connectivity index (χ3v) is 1.33. The van der Waals surface area contributed by atoms with Crippen LogP contribution in [0.5, 0.6) is 0 Å². The zero-order valence-corrected chi connectivity index (χ0v) is 7.29. The van der Waals surface area contributed by atoms with E-state index < -0.39 is 0 Å². The fourth-order valence-corrected chi connectivity index (χ4v) is 0.686. The van der Waals surface area contributed by atoms with Crippen LogP contribution in [-0.4, -0.2) is 0 Å². The largest absolute Gasteiger partial charge is 0.0991 e. The minimum Gasteiger partial charge on any atom is -0.0991 e. The van der Waals surface area contributed by atoms with Crippen molar-refractivity contribution in [1.29, 1.82) is 0 Å². The molecule has 0 aliphatic rings. The summed E-state index contributed by atoms with van der Waals surface area (Å²) in [6.45, 7) is 14.7.